The number of nitrogens with one attached hydrogen (secondary N) is 2. The fourth-order valence-corrected chi connectivity index (χ4v) is 2.62. The maximum atomic E-state index is 12.2. The second-order valence-electron chi connectivity index (χ2n) is 5.48. The van der Waals surface area contributed by atoms with Gasteiger partial charge in [0.05, 0.1) is 17.8 Å². The lowest BCUT2D eigenvalue weighted by Crippen LogP contribution is -2.27. The highest BCUT2D eigenvalue weighted by Crippen LogP contribution is 2.18. The first-order chi connectivity index (χ1) is 10.1. The predicted octanol–water partition coefficient (Wildman–Crippen LogP) is 1.37. The molecule has 2 aromatic rings. The lowest BCUT2D eigenvalue weighted by atomic mass is 9.97. The number of amides is 1. The van der Waals surface area contributed by atoms with E-state index in [1.165, 1.54) is 0 Å². The molecule has 1 saturated heterocycles. The van der Waals surface area contributed by atoms with E-state index in [-0.39, 0.29) is 11.8 Å². The lowest BCUT2D eigenvalue weighted by molar-refractivity contribution is -0.120. The molecule has 3 heterocycles. The SMILES string of the molecule is Cc1nccn1-c1ccc(NC(=O)C2CNCC2C)cn1. The van der Waals surface area contributed by atoms with Gasteiger partial charge >= 0.3 is 0 Å². The Morgan fingerprint density at radius 1 is 1.38 bits per heavy atom. The number of carbonyl (C=O) groups is 1. The number of anilines is 1. The molecule has 2 unspecified atom stereocenters. The summed E-state index contributed by atoms with van der Waals surface area (Å²) < 4.78 is 1.90. The van der Waals surface area contributed by atoms with Gasteiger partial charge in [-0.2, -0.15) is 0 Å². The summed E-state index contributed by atoms with van der Waals surface area (Å²) in [5.74, 6) is 2.12. The highest BCUT2D eigenvalue weighted by Gasteiger charge is 2.29. The van der Waals surface area contributed by atoms with E-state index in [0.29, 0.717) is 5.92 Å². The summed E-state index contributed by atoms with van der Waals surface area (Å²) >= 11 is 0. The maximum absolute atomic E-state index is 12.2. The Kier molecular flexibility index (Phi) is 3.70. The normalized spacial score (nSPS) is 21.4. The molecule has 6 heteroatoms. The minimum Gasteiger partial charge on any atom is -0.324 e. The van der Waals surface area contributed by atoms with Gasteiger partial charge < -0.3 is 10.6 Å². The molecule has 0 bridgehead atoms. The van der Waals surface area contributed by atoms with Gasteiger partial charge in [0.1, 0.15) is 11.6 Å². The smallest absolute Gasteiger partial charge is 0.229 e. The van der Waals surface area contributed by atoms with Crippen molar-refractivity contribution in [3.8, 4) is 5.82 Å². The average molecular weight is 285 g/mol. The van der Waals surface area contributed by atoms with Crippen molar-refractivity contribution in [2.45, 2.75) is 13.8 Å². The number of imidazole rings is 1. The highest BCUT2D eigenvalue weighted by atomic mass is 16.1. The lowest BCUT2D eigenvalue weighted by Gasteiger charge is -2.14. The van der Waals surface area contributed by atoms with Crippen molar-refractivity contribution in [2.75, 3.05) is 18.4 Å². The van der Waals surface area contributed by atoms with Crippen LogP contribution < -0.4 is 10.6 Å². The van der Waals surface area contributed by atoms with E-state index in [1.807, 2.05) is 29.8 Å². The van der Waals surface area contributed by atoms with Gasteiger partial charge in [-0.3, -0.25) is 9.36 Å². The molecule has 21 heavy (non-hydrogen) atoms. The Hall–Kier alpha value is -2.21. The maximum Gasteiger partial charge on any atom is 0.229 e. The van der Waals surface area contributed by atoms with E-state index in [9.17, 15) is 4.79 Å². The summed E-state index contributed by atoms with van der Waals surface area (Å²) in [6, 6.07) is 3.74. The number of carbonyl (C=O) groups excluding carboxylic acids is 1. The summed E-state index contributed by atoms with van der Waals surface area (Å²) in [5, 5.41) is 6.17. The molecular weight excluding hydrogens is 266 g/mol. The Balaban J connectivity index is 1.70. The van der Waals surface area contributed by atoms with Crippen LogP contribution in [-0.4, -0.2) is 33.5 Å². The zero-order valence-electron chi connectivity index (χ0n) is 12.2. The minimum absolute atomic E-state index is 0.0283. The number of hydrogen-bond donors (Lipinski definition) is 2. The van der Waals surface area contributed by atoms with Gasteiger partial charge in [0.15, 0.2) is 0 Å². The Morgan fingerprint density at radius 3 is 2.81 bits per heavy atom. The number of nitrogens with zero attached hydrogens (tertiary/aromatic N) is 3. The van der Waals surface area contributed by atoms with Crippen molar-refractivity contribution >= 4 is 11.6 Å². The zero-order chi connectivity index (χ0) is 14.8. The summed E-state index contributed by atoms with van der Waals surface area (Å²) in [6.45, 7) is 5.65. The van der Waals surface area contributed by atoms with Crippen LogP contribution in [0, 0.1) is 18.8 Å². The largest absolute Gasteiger partial charge is 0.324 e. The van der Waals surface area contributed by atoms with Crippen LogP contribution in [0.2, 0.25) is 0 Å². The van der Waals surface area contributed by atoms with Crippen LogP contribution in [0.4, 0.5) is 5.69 Å². The topological polar surface area (TPSA) is 71.8 Å². The molecule has 0 aliphatic carbocycles. The summed E-state index contributed by atoms with van der Waals surface area (Å²) in [7, 11) is 0. The first kappa shape index (κ1) is 13.8. The van der Waals surface area contributed by atoms with E-state index in [1.54, 1.807) is 12.4 Å². The minimum atomic E-state index is 0.0283. The van der Waals surface area contributed by atoms with Crippen LogP contribution >= 0.6 is 0 Å². The molecule has 2 atom stereocenters. The predicted molar refractivity (Wildman–Crippen MR) is 80.2 cm³/mol. The fraction of sp³-hybridized carbons (Fsp3) is 0.400. The zero-order valence-corrected chi connectivity index (χ0v) is 12.2. The van der Waals surface area contributed by atoms with Gasteiger partial charge in [-0.25, -0.2) is 9.97 Å². The first-order valence-corrected chi connectivity index (χ1v) is 7.13. The van der Waals surface area contributed by atoms with Crippen LogP contribution in [0.3, 0.4) is 0 Å². The molecule has 0 aromatic carbocycles. The van der Waals surface area contributed by atoms with Gasteiger partial charge in [-0.15, -0.1) is 0 Å². The quantitative estimate of drug-likeness (QED) is 0.893. The van der Waals surface area contributed by atoms with E-state index in [4.69, 9.17) is 0 Å². The second kappa shape index (κ2) is 5.65. The molecule has 1 aliphatic heterocycles. The third-order valence-electron chi connectivity index (χ3n) is 3.94. The number of hydrogen-bond acceptors (Lipinski definition) is 4. The van der Waals surface area contributed by atoms with Crippen molar-refractivity contribution in [3.05, 3.63) is 36.5 Å². The van der Waals surface area contributed by atoms with Gasteiger partial charge in [0, 0.05) is 18.9 Å². The van der Waals surface area contributed by atoms with E-state index >= 15 is 0 Å². The van der Waals surface area contributed by atoms with Crippen molar-refractivity contribution in [2.24, 2.45) is 11.8 Å². The molecule has 110 valence electrons. The summed E-state index contributed by atoms with van der Waals surface area (Å²) in [5.41, 5.74) is 0.723. The average Bonchev–Trinajstić information content (AvgIpc) is 3.08. The van der Waals surface area contributed by atoms with Gasteiger partial charge in [0.25, 0.3) is 0 Å². The van der Waals surface area contributed by atoms with Crippen LogP contribution in [0.5, 0.6) is 0 Å². The van der Waals surface area contributed by atoms with Gasteiger partial charge in [0.2, 0.25) is 5.91 Å². The molecular formula is C15H19N5O. The van der Waals surface area contributed by atoms with Crippen LogP contribution in [0.15, 0.2) is 30.7 Å². The summed E-state index contributed by atoms with van der Waals surface area (Å²) in [4.78, 5) is 20.7. The van der Waals surface area contributed by atoms with Crippen molar-refractivity contribution in [3.63, 3.8) is 0 Å². The Bertz CT molecular complexity index is 634. The van der Waals surface area contributed by atoms with Gasteiger partial charge in [-0.1, -0.05) is 6.92 Å². The Labute approximate surface area is 123 Å². The molecule has 0 saturated carbocycles. The molecule has 2 aromatic heterocycles. The number of aromatic nitrogens is 3. The standard InChI is InChI=1S/C15H19N5O/c1-10-7-16-9-13(10)15(21)19-12-3-4-14(18-8-12)20-6-5-17-11(20)2/h3-6,8,10,13,16H,7,9H2,1-2H3,(H,19,21). The number of pyridine rings is 1. The molecule has 6 nitrogen and oxygen atoms in total. The van der Waals surface area contributed by atoms with Crippen molar-refractivity contribution < 1.29 is 4.79 Å². The third-order valence-corrected chi connectivity index (χ3v) is 3.94. The molecule has 2 N–H and O–H groups in total. The number of aryl methyl sites for hydroxylation is 1. The number of rotatable bonds is 3. The molecule has 0 spiro atoms. The first-order valence-electron chi connectivity index (χ1n) is 7.13. The highest BCUT2D eigenvalue weighted by molar-refractivity contribution is 5.93. The van der Waals surface area contributed by atoms with Crippen LogP contribution in [-0.2, 0) is 4.79 Å². The van der Waals surface area contributed by atoms with Crippen LogP contribution in [0.1, 0.15) is 12.7 Å². The fourth-order valence-electron chi connectivity index (χ4n) is 2.62. The van der Waals surface area contributed by atoms with E-state index < -0.39 is 0 Å². The monoisotopic (exact) mass is 285 g/mol. The van der Waals surface area contributed by atoms with Gasteiger partial charge in [-0.05, 0) is 31.5 Å². The molecule has 1 aliphatic rings. The molecule has 0 radical (unpaired) electrons. The van der Waals surface area contributed by atoms with E-state index in [0.717, 1.165) is 30.4 Å². The summed E-state index contributed by atoms with van der Waals surface area (Å²) in [6.07, 6.45) is 5.28. The van der Waals surface area contributed by atoms with E-state index in [2.05, 4.69) is 27.5 Å². The molecule has 1 amide bonds. The molecule has 3 rings (SSSR count). The van der Waals surface area contributed by atoms with Crippen LogP contribution in [0.25, 0.3) is 5.82 Å². The van der Waals surface area contributed by atoms with Crippen molar-refractivity contribution in [1.29, 1.82) is 0 Å². The second-order valence-corrected chi connectivity index (χ2v) is 5.48. The molecule has 1 fully saturated rings. The Morgan fingerprint density at radius 2 is 2.24 bits per heavy atom. The van der Waals surface area contributed by atoms with Crippen molar-refractivity contribution in [1.82, 2.24) is 19.9 Å². The third kappa shape index (κ3) is 2.80.